The molecule has 0 aliphatic heterocycles. The zero-order valence-corrected chi connectivity index (χ0v) is 16.3. The Hall–Kier alpha value is -2.39. The summed E-state index contributed by atoms with van der Waals surface area (Å²) in [5, 5.41) is 16.5. The molecule has 1 aliphatic carbocycles. The first kappa shape index (κ1) is 19.4. The Labute approximate surface area is 161 Å². The van der Waals surface area contributed by atoms with Crippen LogP contribution in [0.2, 0.25) is 5.15 Å². The molecule has 0 radical (unpaired) electrons. The average molecular weight is 396 g/mol. The van der Waals surface area contributed by atoms with Crippen LogP contribution >= 0.6 is 11.6 Å². The Morgan fingerprint density at radius 2 is 2.07 bits per heavy atom. The van der Waals surface area contributed by atoms with Crippen LogP contribution in [0.4, 0.5) is 10.6 Å². The molecular weight excluding hydrogens is 374 g/mol. The number of aliphatic hydroxyl groups is 1. The van der Waals surface area contributed by atoms with Crippen LogP contribution in [0.3, 0.4) is 0 Å². The third-order valence-corrected chi connectivity index (χ3v) is 4.32. The minimum absolute atomic E-state index is 0.0782. The molecule has 1 saturated carbocycles. The Morgan fingerprint density at radius 1 is 1.41 bits per heavy atom. The molecule has 0 saturated heterocycles. The van der Waals surface area contributed by atoms with E-state index in [1.807, 2.05) is 0 Å². The summed E-state index contributed by atoms with van der Waals surface area (Å²) >= 11 is 6.11. The number of ether oxygens (including phenoxy) is 1. The molecule has 2 aromatic rings. The highest BCUT2D eigenvalue weighted by Crippen LogP contribution is 2.24. The smallest absolute Gasteiger partial charge is 0.415 e. The highest BCUT2D eigenvalue weighted by Gasteiger charge is 2.30. The van der Waals surface area contributed by atoms with Crippen molar-refractivity contribution in [3.05, 3.63) is 23.0 Å². The average Bonchev–Trinajstić information content (AvgIpc) is 2.93. The van der Waals surface area contributed by atoms with Gasteiger partial charge in [0.15, 0.2) is 5.65 Å². The number of hydrogen-bond acceptors (Lipinski definition) is 6. The molecule has 2 N–H and O–H groups in total. The quantitative estimate of drug-likeness (QED) is 0.769. The number of aliphatic hydroxyl groups excluding tert-OH is 1. The van der Waals surface area contributed by atoms with Crippen LogP contribution in [0, 0.1) is 0 Å². The summed E-state index contributed by atoms with van der Waals surface area (Å²) in [5.74, 6) is -0.0418. The fraction of sp³-hybridized carbons (Fsp3) is 0.529. The van der Waals surface area contributed by atoms with Gasteiger partial charge in [-0.1, -0.05) is 11.6 Å². The van der Waals surface area contributed by atoms with Gasteiger partial charge in [-0.15, -0.1) is 0 Å². The van der Waals surface area contributed by atoms with Gasteiger partial charge in [-0.05, 0) is 33.6 Å². The maximum absolute atomic E-state index is 12.5. The number of carbonyl (C=O) groups excluding carboxylic acids is 2. The summed E-state index contributed by atoms with van der Waals surface area (Å²) in [6.07, 6.45) is 1.45. The van der Waals surface area contributed by atoms with E-state index in [9.17, 15) is 14.7 Å². The third kappa shape index (κ3) is 4.14. The van der Waals surface area contributed by atoms with Crippen molar-refractivity contribution in [1.29, 1.82) is 0 Å². The summed E-state index contributed by atoms with van der Waals surface area (Å²) in [6.45, 7) is 5.30. The molecule has 0 unspecified atom stereocenters. The number of nitrogens with zero attached hydrogens (tertiary/aromatic N) is 4. The summed E-state index contributed by atoms with van der Waals surface area (Å²) in [5.41, 5.74) is -0.202. The number of fused-ring (bicyclic) bond motifs is 1. The highest BCUT2D eigenvalue weighted by molar-refractivity contribution is 6.30. The molecule has 27 heavy (non-hydrogen) atoms. The normalized spacial score (nSPS) is 19.5. The predicted octanol–water partition coefficient (Wildman–Crippen LogP) is 2.01. The van der Waals surface area contributed by atoms with Crippen molar-refractivity contribution in [3.63, 3.8) is 0 Å². The lowest BCUT2D eigenvalue weighted by Gasteiger charge is -2.31. The third-order valence-electron chi connectivity index (χ3n) is 4.13. The van der Waals surface area contributed by atoms with Crippen molar-refractivity contribution in [2.75, 3.05) is 11.9 Å². The Kier molecular flexibility index (Phi) is 5.00. The lowest BCUT2D eigenvalue weighted by atomic mass is 9.89. The van der Waals surface area contributed by atoms with E-state index in [1.54, 1.807) is 20.8 Å². The molecule has 9 nitrogen and oxygen atoms in total. The Balaban J connectivity index is 1.90. The molecule has 2 amide bonds. The molecule has 2 aromatic heterocycles. The molecule has 0 bridgehead atoms. The van der Waals surface area contributed by atoms with Gasteiger partial charge < -0.3 is 15.2 Å². The lowest BCUT2D eigenvalue weighted by molar-refractivity contribution is 0.0560. The first-order valence-electron chi connectivity index (χ1n) is 8.55. The monoisotopic (exact) mass is 395 g/mol. The largest absolute Gasteiger partial charge is 0.443 e. The van der Waals surface area contributed by atoms with E-state index in [1.165, 1.54) is 28.7 Å². The van der Waals surface area contributed by atoms with E-state index in [0.29, 0.717) is 18.7 Å². The highest BCUT2D eigenvalue weighted by atomic mass is 35.5. The second-order valence-corrected chi connectivity index (χ2v) is 7.95. The van der Waals surface area contributed by atoms with Gasteiger partial charge in [0.1, 0.15) is 22.1 Å². The van der Waals surface area contributed by atoms with E-state index in [-0.39, 0.29) is 34.4 Å². The summed E-state index contributed by atoms with van der Waals surface area (Å²) < 4.78 is 6.72. The van der Waals surface area contributed by atoms with Gasteiger partial charge in [-0.25, -0.2) is 9.78 Å². The number of anilines is 1. The molecule has 0 aromatic carbocycles. The van der Waals surface area contributed by atoms with Gasteiger partial charge >= 0.3 is 6.09 Å². The van der Waals surface area contributed by atoms with E-state index in [0.717, 1.165) is 0 Å². The van der Waals surface area contributed by atoms with Crippen LogP contribution in [0.1, 0.15) is 44.0 Å². The van der Waals surface area contributed by atoms with Gasteiger partial charge in [0.05, 0.1) is 12.3 Å². The number of nitrogens with one attached hydrogen (secondary N) is 1. The second-order valence-electron chi connectivity index (χ2n) is 7.57. The van der Waals surface area contributed by atoms with Crippen molar-refractivity contribution in [2.24, 2.45) is 0 Å². The van der Waals surface area contributed by atoms with Crippen LogP contribution < -0.4 is 10.2 Å². The van der Waals surface area contributed by atoms with Crippen LogP contribution in [0.5, 0.6) is 0 Å². The van der Waals surface area contributed by atoms with E-state index >= 15 is 0 Å². The maximum Gasteiger partial charge on any atom is 0.415 e. The lowest BCUT2D eigenvalue weighted by Crippen LogP contribution is -2.46. The van der Waals surface area contributed by atoms with Crippen LogP contribution in [-0.4, -0.2) is 56.5 Å². The summed E-state index contributed by atoms with van der Waals surface area (Å²) in [7, 11) is 1.52. The molecule has 2 heterocycles. The molecule has 0 atom stereocenters. The Bertz CT molecular complexity index is 885. The van der Waals surface area contributed by atoms with Crippen molar-refractivity contribution >= 4 is 35.1 Å². The van der Waals surface area contributed by atoms with Gasteiger partial charge in [-0.3, -0.25) is 9.69 Å². The fourth-order valence-corrected chi connectivity index (χ4v) is 2.89. The molecular formula is C17H22ClN5O4. The maximum atomic E-state index is 12.5. The number of rotatable bonds is 3. The predicted molar refractivity (Wildman–Crippen MR) is 99.1 cm³/mol. The zero-order valence-electron chi connectivity index (χ0n) is 15.6. The fourth-order valence-electron chi connectivity index (χ4n) is 2.71. The van der Waals surface area contributed by atoms with Crippen molar-refractivity contribution in [1.82, 2.24) is 19.9 Å². The molecule has 1 fully saturated rings. The number of aromatic nitrogens is 3. The molecule has 1 aliphatic rings. The molecule has 146 valence electrons. The number of hydrogen-bond donors (Lipinski definition) is 2. The van der Waals surface area contributed by atoms with Gasteiger partial charge in [-0.2, -0.15) is 9.61 Å². The van der Waals surface area contributed by atoms with Crippen molar-refractivity contribution in [2.45, 2.75) is 51.4 Å². The molecule has 3 rings (SSSR count). The second kappa shape index (κ2) is 6.97. The van der Waals surface area contributed by atoms with Gasteiger partial charge in [0.2, 0.25) is 0 Å². The van der Waals surface area contributed by atoms with Crippen LogP contribution in [0.15, 0.2) is 12.3 Å². The van der Waals surface area contributed by atoms with E-state index in [2.05, 4.69) is 15.4 Å². The number of halogens is 1. The van der Waals surface area contributed by atoms with E-state index < -0.39 is 11.7 Å². The first-order valence-corrected chi connectivity index (χ1v) is 8.93. The van der Waals surface area contributed by atoms with Crippen molar-refractivity contribution < 1.29 is 19.4 Å². The van der Waals surface area contributed by atoms with E-state index in [4.69, 9.17) is 16.3 Å². The summed E-state index contributed by atoms with van der Waals surface area (Å²) in [6, 6.07) is 1.39. The first-order chi connectivity index (χ1) is 12.5. The van der Waals surface area contributed by atoms with Crippen LogP contribution in [0.25, 0.3) is 5.65 Å². The van der Waals surface area contributed by atoms with Gasteiger partial charge in [0.25, 0.3) is 5.91 Å². The minimum Gasteiger partial charge on any atom is -0.443 e. The van der Waals surface area contributed by atoms with Crippen LogP contribution in [-0.2, 0) is 4.74 Å². The topological polar surface area (TPSA) is 109 Å². The zero-order chi connectivity index (χ0) is 19.9. The SMILES string of the molecule is CN(C(=O)OC(C)(C)C)c1cc(Cl)nc2c(C(=O)NC3CC(O)C3)cnn12. The molecule has 0 spiro atoms. The minimum atomic E-state index is -0.663. The Morgan fingerprint density at radius 3 is 2.67 bits per heavy atom. The standard InChI is InChI=1S/C17H22ClN5O4/c1-17(2,3)27-16(26)22(4)13-7-12(18)21-14-11(8-19-23(13)14)15(25)20-9-5-10(24)6-9/h7-10,24H,5-6H2,1-4H3,(H,20,25). The number of carbonyl (C=O) groups is 2. The molecule has 10 heteroatoms. The van der Waals surface area contributed by atoms with Gasteiger partial charge in [0, 0.05) is 19.2 Å². The summed E-state index contributed by atoms with van der Waals surface area (Å²) in [4.78, 5) is 30.3. The van der Waals surface area contributed by atoms with Crippen molar-refractivity contribution in [3.8, 4) is 0 Å². The number of amides is 2.